The van der Waals surface area contributed by atoms with Crippen molar-refractivity contribution in [1.82, 2.24) is 9.80 Å². The van der Waals surface area contributed by atoms with Crippen LogP contribution in [0.4, 0.5) is 0 Å². The first-order chi connectivity index (χ1) is 13.2. The van der Waals surface area contributed by atoms with E-state index in [0.717, 1.165) is 37.6 Å². The molecule has 27 heavy (non-hydrogen) atoms. The fourth-order valence-electron chi connectivity index (χ4n) is 3.94. The van der Waals surface area contributed by atoms with E-state index in [2.05, 4.69) is 59.3 Å². The van der Waals surface area contributed by atoms with E-state index in [1.807, 2.05) is 6.07 Å². The highest BCUT2D eigenvalue weighted by Gasteiger charge is 2.25. The van der Waals surface area contributed by atoms with Crippen LogP contribution in [0.5, 0.6) is 11.5 Å². The molecule has 1 atom stereocenters. The van der Waals surface area contributed by atoms with Gasteiger partial charge in [-0.1, -0.05) is 36.4 Å². The first kappa shape index (κ1) is 19.7. The van der Waals surface area contributed by atoms with Gasteiger partial charge in [0.1, 0.15) is 0 Å². The van der Waals surface area contributed by atoms with Crippen molar-refractivity contribution in [2.45, 2.75) is 31.8 Å². The fourth-order valence-corrected chi connectivity index (χ4v) is 3.94. The van der Waals surface area contributed by atoms with Crippen molar-refractivity contribution in [2.24, 2.45) is 0 Å². The average molecular weight is 369 g/mol. The van der Waals surface area contributed by atoms with Crippen molar-refractivity contribution in [2.75, 3.05) is 40.9 Å². The molecule has 3 rings (SSSR count). The van der Waals surface area contributed by atoms with Crippen LogP contribution in [0.25, 0.3) is 0 Å². The lowest BCUT2D eigenvalue weighted by atomic mass is 10.1. The molecule has 0 spiro atoms. The Labute approximate surface area is 163 Å². The van der Waals surface area contributed by atoms with E-state index < -0.39 is 0 Å². The van der Waals surface area contributed by atoms with Crippen molar-refractivity contribution < 1.29 is 9.47 Å². The number of likely N-dealkylation sites (tertiary alicyclic amines) is 1. The molecule has 0 N–H and O–H groups in total. The summed E-state index contributed by atoms with van der Waals surface area (Å²) in [4.78, 5) is 5.10. The van der Waals surface area contributed by atoms with Crippen LogP contribution in [-0.4, -0.2) is 56.7 Å². The molecule has 1 aliphatic rings. The van der Waals surface area contributed by atoms with Gasteiger partial charge in [-0.05, 0) is 56.1 Å². The van der Waals surface area contributed by atoms with Crippen LogP contribution in [0.3, 0.4) is 0 Å². The van der Waals surface area contributed by atoms with Gasteiger partial charge in [-0.3, -0.25) is 4.90 Å². The second-order valence-corrected chi connectivity index (χ2v) is 7.45. The minimum Gasteiger partial charge on any atom is -0.493 e. The molecule has 0 bridgehead atoms. The van der Waals surface area contributed by atoms with Crippen molar-refractivity contribution >= 4 is 0 Å². The van der Waals surface area contributed by atoms with Crippen LogP contribution < -0.4 is 9.47 Å². The number of ether oxygens (including phenoxy) is 2. The Morgan fingerprint density at radius 1 is 1.00 bits per heavy atom. The highest BCUT2D eigenvalue weighted by atomic mass is 16.5. The highest BCUT2D eigenvalue weighted by Crippen LogP contribution is 2.28. The molecule has 0 aliphatic carbocycles. The normalized spacial score (nSPS) is 17.4. The molecule has 1 aliphatic heterocycles. The summed E-state index contributed by atoms with van der Waals surface area (Å²) in [6, 6.07) is 17.7. The van der Waals surface area contributed by atoms with Crippen LogP contribution in [-0.2, 0) is 13.0 Å². The van der Waals surface area contributed by atoms with Gasteiger partial charge >= 0.3 is 0 Å². The molecule has 2 aromatic carbocycles. The number of likely N-dealkylation sites (N-methyl/N-ethyl adjacent to an activating group) is 1. The molecule has 1 saturated heterocycles. The van der Waals surface area contributed by atoms with Gasteiger partial charge in [0.05, 0.1) is 14.2 Å². The minimum absolute atomic E-state index is 0.653. The zero-order chi connectivity index (χ0) is 19.1. The molecule has 4 heteroatoms. The van der Waals surface area contributed by atoms with Gasteiger partial charge in [0, 0.05) is 25.7 Å². The molecular weight excluding hydrogens is 336 g/mol. The predicted molar refractivity (Wildman–Crippen MR) is 111 cm³/mol. The first-order valence-electron chi connectivity index (χ1n) is 9.87. The number of hydrogen-bond acceptors (Lipinski definition) is 4. The molecule has 0 radical (unpaired) electrons. The predicted octanol–water partition coefficient (Wildman–Crippen LogP) is 3.84. The van der Waals surface area contributed by atoms with Gasteiger partial charge in [0.25, 0.3) is 0 Å². The Balaban J connectivity index is 1.50. The summed E-state index contributed by atoms with van der Waals surface area (Å²) in [6.07, 6.45) is 3.62. The monoisotopic (exact) mass is 368 g/mol. The molecule has 0 aromatic heterocycles. The number of methoxy groups -OCH3 is 2. The Morgan fingerprint density at radius 3 is 2.52 bits per heavy atom. The van der Waals surface area contributed by atoms with E-state index in [1.54, 1.807) is 14.2 Å². The third-order valence-electron chi connectivity index (χ3n) is 5.48. The standard InChI is InChI=1S/C23H32N2O2/c1-24(15-13-19-11-12-22(26-2)23(16-19)27-3)18-21-10-7-14-25(21)17-20-8-5-4-6-9-20/h4-6,8-9,11-12,16,21H,7,10,13-15,17-18H2,1-3H3/t21-/m1/s1. The quantitative estimate of drug-likeness (QED) is 0.671. The maximum atomic E-state index is 5.42. The lowest BCUT2D eigenvalue weighted by Gasteiger charge is -2.29. The Morgan fingerprint density at radius 2 is 1.78 bits per heavy atom. The van der Waals surface area contributed by atoms with E-state index in [0.29, 0.717) is 6.04 Å². The lowest BCUT2D eigenvalue weighted by molar-refractivity contribution is 0.186. The third-order valence-corrected chi connectivity index (χ3v) is 5.48. The van der Waals surface area contributed by atoms with E-state index in [1.165, 1.54) is 30.5 Å². The lowest BCUT2D eigenvalue weighted by Crippen LogP contribution is -2.39. The Hall–Kier alpha value is -2.04. The Bertz CT molecular complexity index is 705. The van der Waals surface area contributed by atoms with E-state index >= 15 is 0 Å². The maximum absolute atomic E-state index is 5.42. The summed E-state index contributed by atoms with van der Waals surface area (Å²) >= 11 is 0. The molecule has 0 amide bonds. The molecular formula is C23H32N2O2. The number of benzene rings is 2. The summed E-state index contributed by atoms with van der Waals surface area (Å²) < 4.78 is 10.7. The van der Waals surface area contributed by atoms with Gasteiger partial charge in [-0.15, -0.1) is 0 Å². The van der Waals surface area contributed by atoms with Crippen LogP contribution in [0, 0.1) is 0 Å². The molecule has 1 heterocycles. The van der Waals surface area contributed by atoms with Gasteiger partial charge < -0.3 is 14.4 Å². The first-order valence-corrected chi connectivity index (χ1v) is 9.87. The summed E-state index contributed by atoms with van der Waals surface area (Å²) in [5.74, 6) is 1.60. The van der Waals surface area contributed by atoms with E-state index in [9.17, 15) is 0 Å². The Kier molecular flexibility index (Phi) is 7.13. The molecule has 0 saturated carbocycles. The van der Waals surface area contributed by atoms with Crippen molar-refractivity contribution in [3.63, 3.8) is 0 Å². The van der Waals surface area contributed by atoms with Crippen LogP contribution in [0.2, 0.25) is 0 Å². The summed E-state index contributed by atoms with van der Waals surface area (Å²) in [7, 11) is 5.60. The molecule has 146 valence electrons. The molecule has 0 unspecified atom stereocenters. The summed E-state index contributed by atoms with van der Waals surface area (Å²) in [5.41, 5.74) is 2.70. The van der Waals surface area contributed by atoms with Gasteiger partial charge in [0.15, 0.2) is 11.5 Å². The number of hydrogen-bond donors (Lipinski definition) is 0. The topological polar surface area (TPSA) is 24.9 Å². The summed E-state index contributed by atoms with van der Waals surface area (Å²) in [5, 5.41) is 0. The fraction of sp³-hybridized carbons (Fsp3) is 0.478. The van der Waals surface area contributed by atoms with Crippen LogP contribution in [0.1, 0.15) is 24.0 Å². The zero-order valence-corrected chi connectivity index (χ0v) is 16.9. The summed E-state index contributed by atoms with van der Waals surface area (Å²) in [6.45, 7) is 4.45. The van der Waals surface area contributed by atoms with Crippen LogP contribution >= 0.6 is 0 Å². The van der Waals surface area contributed by atoms with Crippen molar-refractivity contribution in [1.29, 1.82) is 0 Å². The number of rotatable bonds is 9. The molecule has 2 aromatic rings. The number of nitrogens with zero attached hydrogens (tertiary/aromatic N) is 2. The second-order valence-electron chi connectivity index (χ2n) is 7.45. The van der Waals surface area contributed by atoms with E-state index in [-0.39, 0.29) is 0 Å². The molecule has 4 nitrogen and oxygen atoms in total. The van der Waals surface area contributed by atoms with Crippen LogP contribution in [0.15, 0.2) is 48.5 Å². The van der Waals surface area contributed by atoms with Crippen molar-refractivity contribution in [3.8, 4) is 11.5 Å². The highest BCUT2D eigenvalue weighted by molar-refractivity contribution is 5.42. The largest absolute Gasteiger partial charge is 0.493 e. The second kappa shape index (κ2) is 9.77. The van der Waals surface area contributed by atoms with Crippen molar-refractivity contribution in [3.05, 3.63) is 59.7 Å². The smallest absolute Gasteiger partial charge is 0.160 e. The van der Waals surface area contributed by atoms with Gasteiger partial charge in [-0.25, -0.2) is 0 Å². The van der Waals surface area contributed by atoms with E-state index in [4.69, 9.17) is 9.47 Å². The SMILES string of the molecule is COc1ccc(CCN(C)C[C@H]2CCCN2Cc2ccccc2)cc1OC. The maximum Gasteiger partial charge on any atom is 0.160 e. The molecule has 1 fully saturated rings. The average Bonchev–Trinajstić information content (AvgIpc) is 3.13. The van der Waals surface area contributed by atoms with Gasteiger partial charge in [0.2, 0.25) is 0 Å². The zero-order valence-electron chi connectivity index (χ0n) is 16.9. The van der Waals surface area contributed by atoms with Gasteiger partial charge in [-0.2, -0.15) is 0 Å². The third kappa shape index (κ3) is 5.47. The minimum atomic E-state index is 0.653.